The molecular weight excluding hydrogens is 362 g/mol. The Morgan fingerprint density at radius 3 is 2.48 bits per heavy atom. The zero-order valence-corrected chi connectivity index (χ0v) is 17.8. The van der Waals surface area contributed by atoms with Crippen LogP contribution in [-0.4, -0.2) is 49.3 Å². The number of hydrogen-bond donors (Lipinski definition) is 2. The van der Waals surface area contributed by atoms with Crippen molar-refractivity contribution in [2.75, 3.05) is 31.1 Å². The maximum Gasteiger partial charge on any atom is 0.191 e. The largest absolute Gasteiger partial charge is 0.372 e. The third-order valence-corrected chi connectivity index (χ3v) is 4.87. The van der Waals surface area contributed by atoms with Crippen LogP contribution in [0.5, 0.6) is 0 Å². The molecule has 0 amide bonds. The highest BCUT2D eigenvalue weighted by atomic mass is 16.5. The molecule has 3 rings (SSSR count). The maximum absolute atomic E-state index is 5.81. The van der Waals surface area contributed by atoms with E-state index in [0.717, 1.165) is 49.9 Å². The van der Waals surface area contributed by atoms with E-state index in [0.29, 0.717) is 6.54 Å². The van der Waals surface area contributed by atoms with E-state index in [2.05, 4.69) is 77.7 Å². The Morgan fingerprint density at radius 2 is 1.83 bits per heavy atom. The van der Waals surface area contributed by atoms with Gasteiger partial charge in [-0.25, -0.2) is 9.98 Å². The molecule has 2 unspecified atom stereocenters. The summed E-state index contributed by atoms with van der Waals surface area (Å²) in [5, 5.41) is 6.72. The van der Waals surface area contributed by atoms with Gasteiger partial charge in [0.05, 0.1) is 18.8 Å². The van der Waals surface area contributed by atoms with E-state index in [9.17, 15) is 0 Å². The van der Waals surface area contributed by atoms with E-state index >= 15 is 0 Å². The molecule has 0 saturated carbocycles. The first-order valence-corrected chi connectivity index (χ1v) is 10.6. The van der Waals surface area contributed by atoms with Crippen LogP contribution < -0.4 is 15.5 Å². The van der Waals surface area contributed by atoms with Crippen LogP contribution >= 0.6 is 0 Å². The van der Waals surface area contributed by atoms with Crippen LogP contribution in [0.15, 0.2) is 53.7 Å². The Hall–Kier alpha value is -2.60. The molecule has 0 bridgehead atoms. The summed E-state index contributed by atoms with van der Waals surface area (Å²) in [6, 6.07) is 14.7. The third kappa shape index (κ3) is 6.75. The predicted octanol–water partition coefficient (Wildman–Crippen LogP) is 2.99. The van der Waals surface area contributed by atoms with Crippen molar-refractivity contribution in [3.63, 3.8) is 0 Å². The zero-order valence-electron chi connectivity index (χ0n) is 17.8. The van der Waals surface area contributed by atoms with Crippen molar-refractivity contribution in [3.8, 4) is 0 Å². The third-order valence-electron chi connectivity index (χ3n) is 4.87. The van der Waals surface area contributed by atoms with Gasteiger partial charge in [-0.15, -0.1) is 0 Å². The first-order chi connectivity index (χ1) is 14.1. The fourth-order valence-electron chi connectivity index (χ4n) is 3.54. The van der Waals surface area contributed by atoms with Crippen molar-refractivity contribution in [1.82, 2.24) is 15.6 Å². The van der Waals surface area contributed by atoms with Gasteiger partial charge in [0.15, 0.2) is 5.96 Å². The van der Waals surface area contributed by atoms with Crippen LogP contribution in [0.25, 0.3) is 0 Å². The molecule has 0 radical (unpaired) electrons. The van der Waals surface area contributed by atoms with E-state index in [4.69, 9.17) is 9.73 Å². The molecular formula is C23H33N5O. The number of aliphatic imine (C=N–C) groups is 1. The molecule has 1 aliphatic heterocycles. The number of rotatable bonds is 7. The molecule has 2 aromatic rings. The van der Waals surface area contributed by atoms with Gasteiger partial charge in [0, 0.05) is 32.4 Å². The van der Waals surface area contributed by atoms with Gasteiger partial charge in [0.25, 0.3) is 0 Å². The van der Waals surface area contributed by atoms with Gasteiger partial charge >= 0.3 is 0 Å². The maximum atomic E-state index is 5.81. The van der Waals surface area contributed by atoms with Crippen LogP contribution in [0, 0.1) is 0 Å². The van der Waals surface area contributed by atoms with E-state index in [-0.39, 0.29) is 12.2 Å². The minimum Gasteiger partial charge on any atom is -0.372 e. The molecule has 6 nitrogen and oxygen atoms in total. The molecule has 0 aliphatic carbocycles. The minimum absolute atomic E-state index is 0.231. The summed E-state index contributed by atoms with van der Waals surface area (Å²) in [7, 11) is 0. The lowest BCUT2D eigenvalue weighted by Gasteiger charge is -2.36. The van der Waals surface area contributed by atoms with Crippen molar-refractivity contribution in [2.24, 2.45) is 4.99 Å². The molecule has 1 fully saturated rings. The molecule has 1 aromatic heterocycles. The van der Waals surface area contributed by atoms with Gasteiger partial charge in [-0.3, -0.25) is 0 Å². The molecule has 1 aliphatic rings. The highest BCUT2D eigenvalue weighted by molar-refractivity contribution is 5.79. The van der Waals surface area contributed by atoms with Crippen molar-refractivity contribution < 1.29 is 4.74 Å². The molecule has 2 atom stereocenters. The second-order valence-corrected chi connectivity index (χ2v) is 7.54. The van der Waals surface area contributed by atoms with Gasteiger partial charge in [-0.05, 0) is 44.4 Å². The Kier molecular flexibility index (Phi) is 7.87. The summed E-state index contributed by atoms with van der Waals surface area (Å²) >= 11 is 0. The summed E-state index contributed by atoms with van der Waals surface area (Å²) in [6.07, 6.45) is 3.36. The van der Waals surface area contributed by atoms with Crippen LogP contribution in [-0.2, 0) is 17.7 Å². The SMILES string of the molecule is CCNC(=NCc1ccc(N2CC(C)OC(C)C2)nc1)NCCc1ccccc1. The Morgan fingerprint density at radius 1 is 1.07 bits per heavy atom. The lowest BCUT2D eigenvalue weighted by molar-refractivity contribution is -0.00545. The second kappa shape index (κ2) is 10.8. The molecule has 2 N–H and O–H groups in total. The summed E-state index contributed by atoms with van der Waals surface area (Å²) in [6.45, 7) is 10.3. The number of nitrogens with one attached hydrogen (secondary N) is 2. The molecule has 156 valence electrons. The molecule has 2 heterocycles. The number of aromatic nitrogens is 1. The fraction of sp³-hybridized carbons (Fsp3) is 0.478. The van der Waals surface area contributed by atoms with E-state index in [1.54, 1.807) is 0 Å². The van der Waals surface area contributed by atoms with E-state index in [1.165, 1.54) is 5.56 Å². The number of guanidine groups is 1. The zero-order chi connectivity index (χ0) is 20.5. The Balaban J connectivity index is 1.53. The Bertz CT molecular complexity index is 753. The lowest BCUT2D eigenvalue weighted by Crippen LogP contribution is -2.45. The van der Waals surface area contributed by atoms with Crippen LogP contribution in [0.4, 0.5) is 5.82 Å². The highest BCUT2D eigenvalue weighted by Gasteiger charge is 2.22. The topological polar surface area (TPSA) is 61.8 Å². The number of ether oxygens (including phenoxy) is 1. The monoisotopic (exact) mass is 395 g/mol. The summed E-state index contributed by atoms with van der Waals surface area (Å²) in [5.41, 5.74) is 2.42. The second-order valence-electron chi connectivity index (χ2n) is 7.54. The average molecular weight is 396 g/mol. The minimum atomic E-state index is 0.231. The van der Waals surface area contributed by atoms with Gasteiger partial charge in [0.1, 0.15) is 5.82 Å². The summed E-state index contributed by atoms with van der Waals surface area (Å²) in [5.74, 6) is 1.84. The van der Waals surface area contributed by atoms with Gasteiger partial charge in [-0.1, -0.05) is 36.4 Å². The van der Waals surface area contributed by atoms with Crippen molar-refractivity contribution in [1.29, 1.82) is 0 Å². The smallest absolute Gasteiger partial charge is 0.191 e. The number of nitrogens with zero attached hydrogens (tertiary/aromatic N) is 3. The van der Waals surface area contributed by atoms with Crippen LogP contribution in [0.2, 0.25) is 0 Å². The number of benzene rings is 1. The average Bonchev–Trinajstić information content (AvgIpc) is 2.72. The van der Waals surface area contributed by atoms with Gasteiger partial charge in [0.2, 0.25) is 0 Å². The summed E-state index contributed by atoms with van der Waals surface area (Å²) < 4.78 is 5.81. The predicted molar refractivity (Wildman–Crippen MR) is 119 cm³/mol. The normalized spacial score (nSPS) is 19.8. The number of hydrogen-bond acceptors (Lipinski definition) is 4. The van der Waals surface area contributed by atoms with Crippen molar-refractivity contribution in [3.05, 3.63) is 59.8 Å². The first-order valence-electron chi connectivity index (χ1n) is 10.6. The highest BCUT2D eigenvalue weighted by Crippen LogP contribution is 2.18. The molecule has 6 heteroatoms. The molecule has 29 heavy (non-hydrogen) atoms. The first kappa shape index (κ1) is 21.1. The molecule has 1 aromatic carbocycles. The van der Waals surface area contributed by atoms with E-state index in [1.807, 2.05) is 12.3 Å². The number of pyridine rings is 1. The van der Waals surface area contributed by atoms with E-state index < -0.39 is 0 Å². The Labute approximate surface area is 174 Å². The fourth-order valence-corrected chi connectivity index (χ4v) is 3.54. The number of anilines is 1. The van der Waals surface area contributed by atoms with Gasteiger partial charge < -0.3 is 20.3 Å². The van der Waals surface area contributed by atoms with Crippen LogP contribution in [0.3, 0.4) is 0 Å². The summed E-state index contributed by atoms with van der Waals surface area (Å²) in [4.78, 5) is 11.7. The van der Waals surface area contributed by atoms with Crippen LogP contribution in [0.1, 0.15) is 31.9 Å². The van der Waals surface area contributed by atoms with Crippen molar-refractivity contribution >= 4 is 11.8 Å². The quantitative estimate of drug-likeness (QED) is 0.557. The molecule has 1 saturated heterocycles. The lowest BCUT2D eigenvalue weighted by atomic mass is 10.1. The molecule has 0 spiro atoms. The number of morpholine rings is 1. The van der Waals surface area contributed by atoms with Crippen molar-refractivity contribution in [2.45, 2.75) is 45.9 Å². The standard InChI is InChI=1S/C23H33N5O/c1-4-24-23(25-13-12-20-8-6-5-7-9-20)27-15-21-10-11-22(26-14-21)28-16-18(2)29-19(3)17-28/h5-11,14,18-19H,4,12-13,15-17H2,1-3H3,(H2,24,25,27). The van der Waals surface area contributed by atoms with Gasteiger partial charge in [-0.2, -0.15) is 0 Å².